The number of methoxy groups -OCH3 is 2. The van der Waals surface area contributed by atoms with Gasteiger partial charge in [-0.2, -0.15) is 0 Å². The molecule has 3 rings (SSSR count). The van der Waals surface area contributed by atoms with E-state index in [-0.39, 0.29) is 12.2 Å². The number of benzene rings is 1. The normalized spacial score (nSPS) is 16.6. The summed E-state index contributed by atoms with van der Waals surface area (Å²) >= 11 is 0. The largest absolute Gasteiger partial charge is 0.493 e. The Bertz CT molecular complexity index is 1020. The summed E-state index contributed by atoms with van der Waals surface area (Å²) in [5.41, 5.74) is -1.07. The van der Waals surface area contributed by atoms with Gasteiger partial charge in [-0.3, -0.25) is 9.69 Å². The number of H-pyrrole nitrogens is 1. The number of alkyl carbamates (subject to hydrolysis) is 1. The molecule has 0 spiro atoms. The molecule has 1 aromatic heterocycles. The minimum atomic E-state index is -0.729. The van der Waals surface area contributed by atoms with Gasteiger partial charge in [0.25, 0.3) is 5.56 Å². The van der Waals surface area contributed by atoms with Crippen molar-refractivity contribution in [1.82, 2.24) is 20.2 Å². The first-order valence-corrected chi connectivity index (χ1v) is 10.6. The summed E-state index contributed by atoms with van der Waals surface area (Å²) in [5.74, 6) is 1.50. The van der Waals surface area contributed by atoms with Crippen molar-refractivity contribution in [2.45, 2.75) is 51.3 Å². The van der Waals surface area contributed by atoms with Crippen LogP contribution in [0.2, 0.25) is 0 Å². The molecule has 0 saturated carbocycles. The van der Waals surface area contributed by atoms with Crippen molar-refractivity contribution in [3.05, 3.63) is 28.3 Å². The number of nitrogens with one attached hydrogen (secondary N) is 2. The second-order valence-electron chi connectivity index (χ2n) is 9.08. The van der Waals surface area contributed by atoms with E-state index in [0.29, 0.717) is 60.7 Å². The highest BCUT2D eigenvalue weighted by Gasteiger charge is 2.37. The molecule has 1 aliphatic rings. The summed E-state index contributed by atoms with van der Waals surface area (Å²) in [5, 5.41) is 13.2. The molecular weight excluding hydrogens is 416 g/mol. The number of aliphatic hydroxyl groups is 1. The summed E-state index contributed by atoms with van der Waals surface area (Å²) in [6.07, 6.45) is 0.557. The number of amides is 1. The molecule has 1 amide bonds. The molecule has 3 N–H and O–H groups in total. The standard InChI is InChI=1S/C22H32N4O6/c1-21(2,3)32-20(29)25-22(13-27)6-8-26(9-7-22)12-18-23-15-11-17(31-5)16(30-4)10-14(15)19(28)24-18/h10-11,27H,6-9,12-13H2,1-5H3,(H,25,29)(H,23,24,28). The van der Waals surface area contributed by atoms with Gasteiger partial charge in [-0.25, -0.2) is 9.78 Å². The van der Waals surface area contributed by atoms with Crippen LogP contribution in [0.25, 0.3) is 10.9 Å². The highest BCUT2D eigenvalue weighted by Crippen LogP contribution is 2.30. The first-order chi connectivity index (χ1) is 15.1. The Morgan fingerprint density at radius 1 is 1.22 bits per heavy atom. The number of aliphatic hydroxyl groups excluding tert-OH is 1. The van der Waals surface area contributed by atoms with Crippen LogP contribution in [-0.4, -0.2) is 71.1 Å². The Balaban J connectivity index is 1.70. The molecule has 0 radical (unpaired) electrons. The summed E-state index contributed by atoms with van der Waals surface area (Å²) in [6.45, 7) is 6.88. The Kier molecular flexibility index (Phi) is 6.94. The van der Waals surface area contributed by atoms with E-state index in [4.69, 9.17) is 14.2 Å². The predicted octanol–water partition coefficient (Wildman–Crippen LogP) is 1.79. The molecule has 1 aromatic carbocycles. The number of carbonyl (C=O) groups excluding carboxylic acids is 1. The van der Waals surface area contributed by atoms with Crippen LogP contribution >= 0.6 is 0 Å². The second kappa shape index (κ2) is 9.33. The number of carbonyl (C=O) groups is 1. The first-order valence-electron chi connectivity index (χ1n) is 10.6. The molecular formula is C22H32N4O6. The van der Waals surface area contributed by atoms with Crippen LogP contribution in [0.5, 0.6) is 11.5 Å². The fourth-order valence-corrected chi connectivity index (χ4v) is 3.78. The number of aromatic amines is 1. The number of likely N-dealkylation sites (tertiary alicyclic amines) is 1. The number of piperidine rings is 1. The third kappa shape index (κ3) is 5.49. The third-order valence-electron chi connectivity index (χ3n) is 5.52. The number of hydrogen-bond donors (Lipinski definition) is 3. The number of nitrogens with zero attached hydrogens (tertiary/aromatic N) is 2. The van der Waals surface area contributed by atoms with E-state index in [1.807, 2.05) is 0 Å². The van der Waals surface area contributed by atoms with E-state index in [0.717, 1.165) is 0 Å². The van der Waals surface area contributed by atoms with E-state index in [1.54, 1.807) is 32.9 Å². The Hall–Kier alpha value is -2.85. The monoisotopic (exact) mass is 448 g/mol. The van der Waals surface area contributed by atoms with Gasteiger partial charge in [0.2, 0.25) is 0 Å². The van der Waals surface area contributed by atoms with Gasteiger partial charge in [0.05, 0.1) is 43.8 Å². The van der Waals surface area contributed by atoms with Crippen LogP contribution in [0.4, 0.5) is 4.79 Å². The number of rotatable bonds is 6. The number of fused-ring (bicyclic) bond motifs is 1. The quantitative estimate of drug-likeness (QED) is 0.611. The van der Waals surface area contributed by atoms with Crippen molar-refractivity contribution in [3.63, 3.8) is 0 Å². The zero-order chi connectivity index (χ0) is 23.5. The molecule has 0 unspecified atom stereocenters. The van der Waals surface area contributed by atoms with E-state index in [1.165, 1.54) is 14.2 Å². The smallest absolute Gasteiger partial charge is 0.408 e. The van der Waals surface area contributed by atoms with Gasteiger partial charge in [0.1, 0.15) is 11.4 Å². The number of ether oxygens (including phenoxy) is 3. The minimum Gasteiger partial charge on any atom is -0.493 e. The zero-order valence-electron chi connectivity index (χ0n) is 19.3. The molecule has 2 aromatic rings. The Labute approximate surface area is 186 Å². The van der Waals surface area contributed by atoms with Crippen LogP contribution in [0.15, 0.2) is 16.9 Å². The lowest BCUT2D eigenvalue weighted by atomic mass is 9.88. The Morgan fingerprint density at radius 2 is 1.84 bits per heavy atom. The van der Waals surface area contributed by atoms with Gasteiger partial charge in [0, 0.05) is 19.2 Å². The summed E-state index contributed by atoms with van der Waals surface area (Å²) < 4.78 is 15.9. The SMILES string of the molecule is COc1cc2nc(CN3CCC(CO)(NC(=O)OC(C)(C)C)CC3)[nH]c(=O)c2cc1OC. The van der Waals surface area contributed by atoms with Crippen molar-refractivity contribution in [2.24, 2.45) is 0 Å². The van der Waals surface area contributed by atoms with E-state index in [9.17, 15) is 14.7 Å². The topological polar surface area (TPSA) is 126 Å². The van der Waals surface area contributed by atoms with Crippen LogP contribution in [0, 0.1) is 0 Å². The van der Waals surface area contributed by atoms with Crippen molar-refractivity contribution in [1.29, 1.82) is 0 Å². The maximum absolute atomic E-state index is 12.6. The lowest BCUT2D eigenvalue weighted by Gasteiger charge is -2.41. The highest BCUT2D eigenvalue weighted by atomic mass is 16.6. The lowest BCUT2D eigenvalue weighted by Crippen LogP contribution is -2.58. The van der Waals surface area contributed by atoms with E-state index in [2.05, 4.69) is 20.2 Å². The fourth-order valence-electron chi connectivity index (χ4n) is 3.78. The molecule has 32 heavy (non-hydrogen) atoms. The summed E-state index contributed by atoms with van der Waals surface area (Å²) in [4.78, 5) is 34.3. The second-order valence-corrected chi connectivity index (χ2v) is 9.08. The molecule has 0 aliphatic carbocycles. The Morgan fingerprint density at radius 3 is 2.41 bits per heavy atom. The maximum atomic E-state index is 12.6. The van der Waals surface area contributed by atoms with Crippen molar-refractivity contribution < 1.29 is 24.1 Å². The van der Waals surface area contributed by atoms with Gasteiger partial charge >= 0.3 is 6.09 Å². The van der Waals surface area contributed by atoms with Gasteiger partial charge in [-0.15, -0.1) is 0 Å². The first kappa shape index (κ1) is 23.8. The van der Waals surface area contributed by atoms with Crippen LogP contribution in [0.3, 0.4) is 0 Å². The summed E-state index contributed by atoms with van der Waals surface area (Å²) in [7, 11) is 3.05. The average molecular weight is 449 g/mol. The maximum Gasteiger partial charge on any atom is 0.408 e. The third-order valence-corrected chi connectivity index (χ3v) is 5.52. The van der Waals surface area contributed by atoms with E-state index < -0.39 is 17.2 Å². The molecule has 176 valence electrons. The molecule has 1 aliphatic heterocycles. The van der Waals surface area contributed by atoms with Gasteiger partial charge in [-0.05, 0) is 39.7 Å². The van der Waals surface area contributed by atoms with Gasteiger partial charge in [-0.1, -0.05) is 0 Å². The molecule has 0 bridgehead atoms. The average Bonchev–Trinajstić information content (AvgIpc) is 2.73. The van der Waals surface area contributed by atoms with Crippen LogP contribution < -0.4 is 20.3 Å². The number of hydrogen-bond acceptors (Lipinski definition) is 8. The van der Waals surface area contributed by atoms with Crippen LogP contribution in [-0.2, 0) is 11.3 Å². The fraction of sp³-hybridized carbons (Fsp3) is 0.591. The lowest BCUT2D eigenvalue weighted by molar-refractivity contribution is 0.0262. The van der Waals surface area contributed by atoms with E-state index >= 15 is 0 Å². The minimum absolute atomic E-state index is 0.174. The molecule has 1 fully saturated rings. The van der Waals surface area contributed by atoms with Gasteiger partial charge < -0.3 is 29.6 Å². The molecule has 0 atom stereocenters. The number of aromatic nitrogens is 2. The molecule has 10 nitrogen and oxygen atoms in total. The molecule has 2 heterocycles. The summed E-state index contributed by atoms with van der Waals surface area (Å²) in [6, 6.07) is 3.30. The molecule has 10 heteroatoms. The predicted molar refractivity (Wildman–Crippen MR) is 119 cm³/mol. The van der Waals surface area contributed by atoms with Crippen LogP contribution in [0.1, 0.15) is 39.4 Å². The van der Waals surface area contributed by atoms with Crippen molar-refractivity contribution >= 4 is 17.0 Å². The highest BCUT2D eigenvalue weighted by molar-refractivity contribution is 5.81. The van der Waals surface area contributed by atoms with Crippen molar-refractivity contribution in [2.75, 3.05) is 33.9 Å². The molecule has 1 saturated heterocycles. The van der Waals surface area contributed by atoms with Crippen molar-refractivity contribution in [3.8, 4) is 11.5 Å². The zero-order valence-corrected chi connectivity index (χ0v) is 19.3. The van der Waals surface area contributed by atoms with Gasteiger partial charge in [0.15, 0.2) is 11.5 Å².